The summed E-state index contributed by atoms with van der Waals surface area (Å²) in [7, 11) is 0. The average Bonchev–Trinajstić information content (AvgIpc) is 3.91. The van der Waals surface area contributed by atoms with Crippen LogP contribution >= 0.6 is 0 Å². The zero-order chi connectivity index (χ0) is 36.6. The summed E-state index contributed by atoms with van der Waals surface area (Å²) >= 11 is 0. The molecule has 4 aromatic heterocycles. The molecule has 2 aliphatic heterocycles. The lowest BCUT2D eigenvalue weighted by molar-refractivity contribution is -0.123. The minimum Gasteiger partial charge on any atom is -0.354 e. The van der Waals surface area contributed by atoms with E-state index in [4.69, 9.17) is 9.05 Å². The molecule has 2 aromatic carbocycles. The van der Waals surface area contributed by atoms with Gasteiger partial charge >= 0.3 is 0 Å². The Hall–Kier alpha value is -6.44. The van der Waals surface area contributed by atoms with Gasteiger partial charge in [0.05, 0.1) is 29.6 Å². The van der Waals surface area contributed by atoms with Crippen LogP contribution in [-0.2, 0) is 17.9 Å². The summed E-state index contributed by atoms with van der Waals surface area (Å²) in [5.41, 5.74) is 6.87. The second-order valence-corrected chi connectivity index (χ2v) is 14.5. The van der Waals surface area contributed by atoms with Gasteiger partial charge in [0.15, 0.2) is 34.5 Å². The molecule has 6 aromatic rings. The Labute approximate surface area is 299 Å². The third-order valence-electron chi connectivity index (χ3n) is 8.47. The van der Waals surface area contributed by atoms with Crippen molar-refractivity contribution in [1.29, 1.82) is 0 Å². The molecule has 0 saturated carbocycles. The van der Waals surface area contributed by atoms with Crippen molar-refractivity contribution < 1.29 is 13.8 Å². The number of fused-ring (bicyclic) bond motifs is 4. The fourth-order valence-corrected chi connectivity index (χ4v) is 5.23. The van der Waals surface area contributed by atoms with Crippen LogP contribution in [0.15, 0.2) is 98.4 Å². The summed E-state index contributed by atoms with van der Waals surface area (Å²) < 4.78 is 10.9. The third kappa shape index (κ3) is 7.08. The highest BCUT2D eigenvalue weighted by molar-refractivity contribution is 6.11. The number of carbonyl (C=O) groups excluding carboxylic acids is 1. The molecule has 264 valence electrons. The molecule has 0 unspecified atom stereocenters. The Balaban J connectivity index is 0.000000162. The van der Waals surface area contributed by atoms with Crippen molar-refractivity contribution in [3.8, 4) is 0 Å². The zero-order valence-corrected chi connectivity index (χ0v) is 29.8. The predicted octanol–water partition coefficient (Wildman–Crippen LogP) is 7.54. The largest absolute Gasteiger partial charge is 0.354 e. The molecule has 8 rings (SSSR count). The van der Waals surface area contributed by atoms with E-state index in [1.165, 1.54) is 0 Å². The first-order valence-electron chi connectivity index (χ1n) is 16.8. The van der Waals surface area contributed by atoms with Gasteiger partial charge in [-0.3, -0.25) is 24.7 Å². The molecule has 0 saturated heterocycles. The molecule has 1 amide bonds. The van der Waals surface area contributed by atoms with Gasteiger partial charge in [-0.05, 0) is 30.3 Å². The predicted molar refractivity (Wildman–Crippen MR) is 202 cm³/mol. The van der Waals surface area contributed by atoms with E-state index in [1.807, 2.05) is 69.3 Å². The van der Waals surface area contributed by atoms with Crippen LogP contribution in [0.3, 0.4) is 0 Å². The zero-order valence-electron chi connectivity index (χ0n) is 29.8. The summed E-state index contributed by atoms with van der Waals surface area (Å²) in [5, 5.41) is 22.4. The van der Waals surface area contributed by atoms with Gasteiger partial charge in [0.2, 0.25) is 5.91 Å². The van der Waals surface area contributed by atoms with Crippen molar-refractivity contribution >= 4 is 62.5 Å². The van der Waals surface area contributed by atoms with Crippen LogP contribution in [0.1, 0.15) is 64.2 Å². The number of aliphatic imine (C=N–C) groups is 2. The molecule has 52 heavy (non-hydrogen) atoms. The summed E-state index contributed by atoms with van der Waals surface area (Å²) in [5.74, 6) is 2.43. The van der Waals surface area contributed by atoms with Crippen LogP contribution in [0.4, 0.5) is 23.0 Å². The first kappa shape index (κ1) is 34.0. The number of amides is 1. The number of hydrogen-bond donors (Lipinski definition) is 4. The number of hydrogen-bond acceptors (Lipinski definition) is 13. The van der Waals surface area contributed by atoms with Gasteiger partial charge in [-0.1, -0.05) is 64.5 Å². The van der Waals surface area contributed by atoms with Crippen molar-refractivity contribution in [3.05, 3.63) is 102 Å². The minimum absolute atomic E-state index is 0.0676. The van der Waals surface area contributed by atoms with E-state index in [1.54, 1.807) is 18.6 Å². The highest BCUT2D eigenvalue weighted by atomic mass is 16.5. The number of benzene rings is 2. The lowest BCUT2D eigenvalue weighted by Gasteiger charge is -2.21. The van der Waals surface area contributed by atoms with E-state index < -0.39 is 5.41 Å². The number of carbonyl (C=O) groups is 1. The van der Waals surface area contributed by atoms with Crippen LogP contribution in [0.5, 0.6) is 0 Å². The van der Waals surface area contributed by atoms with Gasteiger partial charge in [0.1, 0.15) is 11.4 Å². The number of allylic oxidation sites excluding steroid dienone is 1. The number of pyridine rings is 1. The summed E-state index contributed by atoms with van der Waals surface area (Å²) in [6.07, 6.45) is 5.10. The molecule has 14 nitrogen and oxygen atoms in total. The topological polar surface area (TPSA) is 181 Å². The molecule has 14 heteroatoms. The molecule has 0 fully saturated rings. The molecule has 0 spiro atoms. The Morgan fingerprint density at radius 1 is 0.692 bits per heavy atom. The van der Waals surface area contributed by atoms with Gasteiger partial charge in [0, 0.05) is 64.2 Å². The monoisotopic (exact) mass is 697 g/mol. The maximum Gasteiger partial charge on any atom is 0.231 e. The smallest absolute Gasteiger partial charge is 0.231 e. The molecule has 6 heterocycles. The number of nitrogens with one attached hydrogen (secondary N) is 4. The molecule has 0 aliphatic carbocycles. The lowest BCUT2D eigenvalue weighted by atomic mass is 9.93. The molecule has 2 aliphatic rings. The van der Waals surface area contributed by atoms with Crippen molar-refractivity contribution in [2.24, 2.45) is 20.8 Å². The summed E-state index contributed by atoms with van der Waals surface area (Å²) in [4.78, 5) is 34.1. The molecule has 0 bridgehead atoms. The van der Waals surface area contributed by atoms with Gasteiger partial charge < -0.3 is 30.3 Å². The highest BCUT2D eigenvalue weighted by Gasteiger charge is 2.24. The van der Waals surface area contributed by atoms with E-state index in [9.17, 15) is 4.79 Å². The Bertz CT molecular complexity index is 2230. The SMILES string of the molecule is C=C(Nc1noc2cc(NC3=NCc4nccnc43)ccc12)C(C)(C)C.CC(C)(C)C(=O)Nc1noc2cc(NC3=NCc4cccnc43)ccc12. The van der Waals surface area contributed by atoms with Crippen LogP contribution in [-0.4, -0.2) is 42.8 Å². The van der Waals surface area contributed by atoms with Crippen molar-refractivity contribution in [2.45, 2.75) is 54.6 Å². The second-order valence-electron chi connectivity index (χ2n) is 14.5. The lowest BCUT2D eigenvalue weighted by Crippen LogP contribution is -2.27. The van der Waals surface area contributed by atoms with Gasteiger partial charge in [-0.25, -0.2) is 4.98 Å². The molecule has 0 atom stereocenters. The minimum atomic E-state index is -0.506. The number of rotatable bonds is 5. The van der Waals surface area contributed by atoms with Crippen LogP contribution in [0.25, 0.3) is 21.9 Å². The third-order valence-corrected chi connectivity index (χ3v) is 8.47. The van der Waals surface area contributed by atoms with Gasteiger partial charge in [-0.15, -0.1) is 0 Å². The van der Waals surface area contributed by atoms with E-state index in [0.29, 0.717) is 41.7 Å². The average molecular weight is 698 g/mol. The van der Waals surface area contributed by atoms with E-state index >= 15 is 0 Å². The van der Waals surface area contributed by atoms with Crippen LogP contribution < -0.4 is 21.3 Å². The summed E-state index contributed by atoms with van der Waals surface area (Å²) in [6, 6.07) is 15.3. The number of aromatic nitrogens is 5. The van der Waals surface area contributed by atoms with Crippen molar-refractivity contribution in [1.82, 2.24) is 25.3 Å². The summed E-state index contributed by atoms with van der Waals surface area (Å²) in [6.45, 7) is 17.1. The van der Waals surface area contributed by atoms with Gasteiger partial charge in [-0.2, -0.15) is 0 Å². The Morgan fingerprint density at radius 2 is 1.27 bits per heavy atom. The maximum absolute atomic E-state index is 12.2. The quantitative estimate of drug-likeness (QED) is 0.140. The molecule has 4 N–H and O–H groups in total. The van der Waals surface area contributed by atoms with Crippen molar-refractivity contribution in [3.63, 3.8) is 0 Å². The Kier molecular flexibility index (Phi) is 8.74. The normalized spacial score (nSPS) is 13.4. The number of anilines is 4. The fraction of sp³-hybridized carbons (Fsp3) is 0.263. The van der Waals surface area contributed by atoms with E-state index in [0.717, 1.165) is 56.3 Å². The molecule has 0 radical (unpaired) electrons. The van der Waals surface area contributed by atoms with E-state index in [-0.39, 0.29) is 11.3 Å². The Morgan fingerprint density at radius 3 is 1.90 bits per heavy atom. The first-order chi connectivity index (χ1) is 24.8. The fourth-order valence-electron chi connectivity index (χ4n) is 5.23. The second kappa shape index (κ2) is 13.4. The first-order valence-corrected chi connectivity index (χ1v) is 16.8. The van der Waals surface area contributed by atoms with Crippen molar-refractivity contribution in [2.75, 3.05) is 21.3 Å². The van der Waals surface area contributed by atoms with E-state index in [2.05, 4.69) is 83.9 Å². The maximum atomic E-state index is 12.2. The van der Waals surface area contributed by atoms with Crippen LogP contribution in [0, 0.1) is 10.8 Å². The molecular formula is C38H39N11O3. The number of nitrogens with zero attached hydrogens (tertiary/aromatic N) is 7. The van der Waals surface area contributed by atoms with Crippen LogP contribution in [0.2, 0.25) is 0 Å². The molecular weight excluding hydrogens is 658 g/mol. The highest BCUT2D eigenvalue weighted by Crippen LogP contribution is 2.31. The van der Waals surface area contributed by atoms with Gasteiger partial charge in [0.25, 0.3) is 0 Å². The number of amidine groups is 2. The standard InChI is InChI=1S/C19H20N6O.C19H19N5O2/c1-11(19(2,3)4)23-17-13-6-5-12(9-15(13)26-25-17)24-18-16-14(10-22-18)20-7-8-21-16;1-19(2,3)18(25)23-16-13-7-6-12(9-14(13)26-24-16)22-17-15-11(10-21-17)5-4-8-20-15/h5-9H,1,10H2,2-4H3,(H,22,24)(H,23,25);4-9H,10H2,1-3H3,(H,21,22)(H,23,24,25).